The lowest BCUT2D eigenvalue weighted by atomic mass is 10.1. The second kappa shape index (κ2) is 5.79. The molecule has 0 saturated carbocycles. The molecule has 1 aliphatic heterocycles. The maximum atomic E-state index is 11.8. The van der Waals surface area contributed by atoms with E-state index in [1.54, 1.807) is 6.92 Å². The van der Waals surface area contributed by atoms with Gasteiger partial charge in [-0.25, -0.2) is 14.4 Å². The van der Waals surface area contributed by atoms with Crippen molar-refractivity contribution in [3.63, 3.8) is 0 Å². The minimum atomic E-state index is -2.99. The van der Waals surface area contributed by atoms with Crippen LogP contribution in [0.15, 0.2) is 18.2 Å². The van der Waals surface area contributed by atoms with Gasteiger partial charge in [-0.05, 0) is 25.1 Å². The van der Waals surface area contributed by atoms with Gasteiger partial charge in [-0.15, -0.1) is 0 Å². The molecule has 112 valence electrons. The van der Waals surface area contributed by atoms with E-state index in [0.29, 0.717) is 0 Å². The summed E-state index contributed by atoms with van der Waals surface area (Å²) in [4.78, 5) is 34.5. The Morgan fingerprint density at radius 1 is 1.24 bits per heavy atom. The SMILES string of the molecule is CCOP(C)(=O)COC(=O)c1ccc2c(c1)C(=O)OC2=O. The third-order valence-electron chi connectivity index (χ3n) is 2.71. The van der Waals surface area contributed by atoms with Gasteiger partial charge in [-0.3, -0.25) is 4.57 Å². The number of ether oxygens (including phenoxy) is 2. The highest BCUT2D eigenvalue weighted by Crippen LogP contribution is 2.42. The quantitative estimate of drug-likeness (QED) is 0.466. The molecule has 0 amide bonds. The number of fused-ring (bicyclic) bond motifs is 1. The van der Waals surface area contributed by atoms with E-state index in [2.05, 4.69) is 4.74 Å². The van der Waals surface area contributed by atoms with E-state index in [0.717, 1.165) is 0 Å². The summed E-state index contributed by atoms with van der Waals surface area (Å²) in [6, 6.07) is 3.86. The molecular formula is C13H13O7P. The van der Waals surface area contributed by atoms with E-state index in [1.165, 1.54) is 24.9 Å². The highest BCUT2D eigenvalue weighted by molar-refractivity contribution is 7.57. The lowest BCUT2D eigenvalue weighted by Gasteiger charge is -2.12. The lowest BCUT2D eigenvalue weighted by Crippen LogP contribution is -2.09. The van der Waals surface area contributed by atoms with Crippen LogP contribution < -0.4 is 0 Å². The second-order valence-corrected chi connectivity index (χ2v) is 6.97. The zero-order valence-corrected chi connectivity index (χ0v) is 12.3. The lowest BCUT2D eigenvalue weighted by molar-refractivity contribution is 0.0443. The summed E-state index contributed by atoms with van der Waals surface area (Å²) in [7, 11) is -2.99. The monoisotopic (exact) mass is 312 g/mol. The van der Waals surface area contributed by atoms with E-state index in [4.69, 9.17) is 9.26 Å². The molecule has 1 aromatic rings. The standard InChI is InChI=1S/C13H13O7P/c1-3-19-21(2,17)7-18-11(14)8-4-5-9-10(6-8)13(16)20-12(9)15/h4-6H,3,7H2,1-2H3. The Kier molecular flexibility index (Phi) is 4.25. The average Bonchev–Trinajstić information content (AvgIpc) is 2.71. The second-order valence-electron chi connectivity index (χ2n) is 4.43. The van der Waals surface area contributed by atoms with Crippen molar-refractivity contribution in [2.45, 2.75) is 6.92 Å². The summed E-state index contributed by atoms with van der Waals surface area (Å²) in [6.45, 7) is 3.29. The Hall–Kier alpha value is -1.98. The first-order valence-electron chi connectivity index (χ1n) is 6.13. The van der Waals surface area contributed by atoms with Crippen molar-refractivity contribution in [3.05, 3.63) is 34.9 Å². The van der Waals surface area contributed by atoms with E-state index >= 15 is 0 Å². The van der Waals surface area contributed by atoms with Gasteiger partial charge in [0.05, 0.1) is 23.3 Å². The number of carbonyl (C=O) groups excluding carboxylic acids is 3. The van der Waals surface area contributed by atoms with Gasteiger partial charge >= 0.3 is 17.9 Å². The number of esters is 3. The molecule has 0 fully saturated rings. The van der Waals surface area contributed by atoms with Crippen LogP contribution >= 0.6 is 7.37 Å². The number of hydrogen-bond donors (Lipinski definition) is 0. The maximum Gasteiger partial charge on any atom is 0.346 e. The maximum absolute atomic E-state index is 11.8. The molecule has 0 aromatic heterocycles. The van der Waals surface area contributed by atoms with E-state index in [1.807, 2.05) is 0 Å². The van der Waals surface area contributed by atoms with Crippen molar-refractivity contribution in [1.82, 2.24) is 0 Å². The first-order valence-corrected chi connectivity index (χ1v) is 8.38. The molecular weight excluding hydrogens is 299 g/mol. The molecule has 0 aliphatic carbocycles. The minimum absolute atomic E-state index is 0.0129. The van der Waals surface area contributed by atoms with Crippen LogP contribution in [-0.2, 0) is 18.6 Å². The molecule has 2 rings (SSSR count). The van der Waals surface area contributed by atoms with Gasteiger partial charge in [0.1, 0.15) is 0 Å². The molecule has 1 heterocycles. The van der Waals surface area contributed by atoms with Crippen molar-refractivity contribution in [2.24, 2.45) is 0 Å². The van der Waals surface area contributed by atoms with Crippen LogP contribution in [0.3, 0.4) is 0 Å². The number of cyclic esters (lactones) is 2. The fraction of sp³-hybridized carbons (Fsp3) is 0.308. The van der Waals surface area contributed by atoms with Gasteiger partial charge in [0, 0.05) is 6.66 Å². The van der Waals surface area contributed by atoms with Crippen LogP contribution in [0.4, 0.5) is 0 Å². The fourth-order valence-electron chi connectivity index (χ4n) is 1.78. The Morgan fingerprint density at radius 3 is 2.57 bits per heavy atom. The van der Waals surface area contributed by atoms with Crippen LogP contribution in [0, 0.1) is 0 Å². The van der Waals surface area contributed by atoms with Gasteiger partial charge in [0.15, 0.2) is 6.35 Å². The molecule has 0 saturated heterocycles. The summed E-state index contributed by atoms with van der Waals surface area (Å²) >= 11 is 0. The minimum Gasteiger partial charge on any atom is -0.452 e. The van der Waals surface area contributed by atoms with Crippen molar-refractivity contribution >= 4 is 25.3 Å². The van der Waals surface area contributed by atoms with Crippen molar-refractivity contribution in [2.75, 3.05) is 19.6 Å². The molecule has 1 atom stereocenters. The van der Waals surface area contributed by atoms with Crippen molar-refractivity contribution < 1.29 is 32.9 Å². The summed E-state index contributed by atoms with van der Waals surface area (Å²) in [6.07, 6.45) is -0.361. The van der Waals surface area contributed by atoms with Crippen LogP contribution in [0.5, 0.6) is 0 Å². The predicted octanol–water partition coefficient (Wildman–Crippen LogP) is 2.06. The van der Waals surface area contributed by atoms with E-state index in [9.17, 15) is 18.9 Å². The largest absolute Gasteiger partial charge is 0.452 e. The van der Waals surface area contributed by atoms with Gasteiger partial charge in [0.2, 0.25) is 7.37 Å². The smallest absolute Gasteiger partial charge is 0.346 e. The molecule has 0 spiro atoms. The fourth-order valence-corrected chi connectivity index (χ4v) is 2.75. The van der Waals surface area contributed by atoms with Crippen molar-refractivity contribution in [1.29, 1.82) is 0 Å². The Bertz CT molecular complexity index is 664. The summed E-state index contributed by atoms with van der Waals surface area (Å²) in [5, 5.41) is 0. The van der Waals surface area contributed by atoms with Gasteiger partial charge in [-0.2, -0.15) is 0 Å². The zero-order chi connectivity index (χ0) is 15.6. The first kappa shape index (κ1) is 15.4. The number of rotatable bonds is 5. The molecule has 1 aromatic carbocycles. The molecule has 21 heavy (non-hydrogen) atoms. The van der Waals surface area contributed by atoms with E-state index in [-0.39, 0.29) is 29.6 Å². The summed E-state index contributed by atoms with van der Waals surface area (Å²) in [5.41, 5.74) is 0.183. The molecule has 1 unspecified atom stereocenters. The van der Waals surface area contributed by atoms with Crippen LogP contribution in [0.2, 0.25) is 0 Å². The highest BCUT2D eigenvalue weighted by Gasteiger charge is 2.30. The summed E-state index contributed by atoms with van der Waals surface area (Å²) < 4.78 is 26.1. The van der Waals surface area contributed by atoms with E-state index < -0.39 is 25.3 Å². The van der Waals surface area contributed by atoms with Crippen molar-refractivity contribution in [3.8, 4) is 0 Å². The third-order valence-corrected chi connectivity index (χ3v) is 4.12. The molecule has 7 nitrogen and oxygen atoms in total. The van der Waals surface area contributed by atoms with Gasteiger partial charge < -0.3 is 14.0 Å². The number of hydrogen-bond acceptors (Lipinski definition) is 7. The van der Waals surface area contributed by atoms with Crippen LogP contribution in [-0.4, -0.2) is 37.5 Å². The highest BCUT2D eigenvalue weighted by atomic mass is 31.2. The number of carbonyl (C=O) groups is 3. The van der Waals surface area contributed by atoms with Gasteiger partial charge in [-0.1, -0.05) is 0 Å². The topological polar surface area (TPSA) is 96.0 Å². The predicted molar refractivity (Wildman–Crippen MR) is 71.6 cm³/mol. The van der Waals surface area contributed by atoms with Crippen LogP contribution in [0.1, 0.15) is 38.0 Å². The number of benzene rings is 1. The molecule has 0 bridgehead atoms. The molecule has 1 aliphatic rings. The summed E-state index contributed by atoms with van der Waals surface area (Å²) in [5.74, 6) is -2.31. The normalized spacial score (nSPS) is 16.1. The Morgan fingerprint density at radius 2 is 1.90 bits per heavy atom. The van der Waals surface area contributed by atoms with Crippen LogP contribution in [0.25, 0.3) is 0 Å². The van der Waals surface area contributed by atoms with Gasteiger partial charge in [0.25, 0.3) is 0 Å². The zero-order valence-electron chi connectivity index (χ0n) is 11.5. The Balaban J connectivity index is 2.11. The Labute approximate surface area is 120 Å². The molecule has 0 N–H and O–H groups in total. The molecule has 8 heteroatoms. The third kappa shape index (κ3) is 3.37. The average molecular weight is 312 g/mol. The first-order chi connectivity index (χ1) is 9.84. The molecule has 0 radical (unpaired) electrons.